The summed E-state index contributed by atoms with van der Waals surface area (Å²) in [5, 5.41) is 15.7. The van der Waals surface area contributed by atoms with Crippen molar-refractivity contribution in [3.8, 4) is 0 Å². The fourth-order valence-electron chi connectivity index (χ4n) is 3.78. The molecule has 0 aliphatic carbocycles. The van der Waals surface area contributed by atoms with Crippen molar-refractivity contribution in [1.29, 1.82) is 0 Å². The first-order valence-corrected chi connectivity index (χ1v) is 8.89. The van der Waals surface area contributed by atoms with E-state index < -0.39 is 29.5 Å². The van der Waals surface area contributed by atoms with Crippen molar-refractivity contribution in [1.82, 2.24) is 29.9 Å². The fourth-order valence-corrected chi connectivity index (χ4v) is 3.78. The molecule has 0 aromatic carbocycles. The minimum absolute atomic E-state index is 0.145. The molecule has 0 bridgehead atoms. The van der Waals surface area contributed by atoms with Crippen molar-refractivity contribution in [2.45, 2.75) is 37.5 Å². The predicted molar refractivity (Wildman–Crippen MR) is 93.4 cm³/mol. The molecule has 1 aromatic rings. The third kappa shape index (κ3) is 3.19. The summed E-state index contributed by atoms with van der Waals surface area (Å²) < 4.78 is 1.35. The zero-order valence-corrected chi connectivity index (χ0v) is 15.7. The number of hydrogen-bond donors (Lipinski definition) is 3. The molecule has 1 aromatic heterocycles. The van der Waals surface area contributed by atoms with Crippen molar-refractivity contribution < 1.29 is 24.3 Å². The van der Waals surface area contributed by atoms with E-state index in [1.165, 1.54) is 27.7 Å². The van der Waals surface area contributed by atoms with Gasteiger partial charge in [-0.1, -0.05) is 0 Å². The number of hydrogen-bond acceptors (Lipinski definition) is 7. The van der Waals surface area contributed by atoms with Crippen LogP contribution in [0.5, 0.6) is 0 Å². The molecule has 2 aliphatic rings. The first-order chi connectivity index (χ1) is 13.2. The van der Waals surface area contributed by atoms with Crippen LogP contribution in [-0.2, 0) is 21.4 Å². The fraction of sp³-hybridized carbons (Fsp3) is 0.625. The average Bonchev–Trinajstić information content (AvgIpc) is 3.25. The molecule has 3 rings (SSSR count). The van der Waals surface area contributed by atoms with Crippen molar-refractivity contribution in [2.24, 2.45) is 12.8 Å². The Balaban J connectivity index is 1.65. The van der Waals surface area contributed by atoms with Crippen LogP contribution in [-0.4, -0.2) is 90.6 Å². The van der Waals surface area contributed by atoms with Gasteiger partial charge in [0, 0.05) is 13.6 Å². The number of β-lactam (4-membered cyclic amide) rings is 1. The second-order valence-electron chi connectivity index (χ2n) is 7.15. The molecule has 2 saturated heterocycles. The quantitative estimate of drug-likeness (QED) is 0.433. The summed E-state index contributed by atoms with van der Waals surface area (Å²) in [6, 6.07) is -1.24. The maximum atomic E-state index is 12.8. The van der Waals surface area contributed by atoms with Crippen molar-refractivity contribution in [3.63, 3.8) is 0 Å². The summed E-state index contributed by atoms with van der Waals surface area (Å²) in [4.78, 5) is 55.8. The van der Waals surface area contributed by atoms with Gasteiger partial charge in [0.1, 0.15) is 17.9 Å². The van der Waals surface area contributed by atoms with Gasteiger partial charge in [0.15, 0.2) is 0 Å². The predicted octanol–water partition coefficient (Wildman–Crippen LogP) is -3.02. The molecule has 12 heteroatoms. The number of amides is 4. The molecular formula is C16H23N7O5. The number of carbonyl (C=O) groups is 4. The zero-order chi connectivity index (χ0) is 20.6. The van der Waals surface area contributed by atoms with E-state index >= 15 is 0 Å². The van der Waals surface area contributed by atoms with Crippen LogP contribution in [0.3, 0.4) is 0 Å². The van der Waals surface area contributed by atoms with Crippen LogP contribution in [0.15, 0.2) is 6.33 Å². The molecule has 28 heavy (non-hydrogen) atoms. The molecule has 3 heterocycles. The van der Waals surface area contributed by atoms with Gasteiger partial charge in [0.2, 0.25) is 17.6 Å². The van der Waals surface area contributed by atoms with Crippen LogP contribution in [0.2, 0.25) is 0 Å². The molecule has 3 atom stereocenters. The van der Waals surface area contributed by atoms with Gasteiger partial charge in [-0.3, -0.25) is 19.2 Å². The monoisotopic (exact) mass is 393 g/mol. The highest BCUT2D eigenvalue weighted by atomic mass is 16.3. The van der Waals surface area contributed by atoms with Gasteiger partial charge in [-0.05, 0) is 19.8 Å². The van der Waals surface area contributed by atoms with Gasteiger partial charge in [0.05, 0.1) is 19.2 Å². The summed E-state index contributed by atoms with van der Waals surface area (Å²) in [5.74, 6) is -2.05. The Morgan fingerprint density at radius 2 is 2.14 bits per heavy atom. The van der Waals surface area contributed by atoms with E-state index in [-0.39, 0.29) is 30.7 Å². The van der Waals surface area contributed by atoms with Gasteiger partial charge in [0.25, 0.3) is 11.8 Å². The third-order valence-electron chi connectivity index (χ3n) is 5.21. The Morgan fingerprint density at radius 3 is 2.68 bits per heavy atom. The number of carbonyl (C=O) groups excluding carboxylic acids is 4. The summed E-state index contributed by atoms with van der Waals surface area (Å²) in [6.07, 6.45) is 1.29. The van der Waals surface area contributed by atoms with Crippen LogP contribution in [0.4, 0.5) is 0 Å². The Morgan fingerprint density at radius 1 is 1.43 bits per heavy atom. The second-order valence-corrected chi connectivity index (χ2v) is 7.15. The molecule has 1 spiro atoms. The number of likely N-dealkylation sites (tertiary alicyclic amines) is 2. The molecular weight excluding hydrogens is 370 g/mol. The standard InChI is InChI=1S/C16H23N7O5/c1-9(24)11(12(17)26)20-10(25)6-22-7-16(15(22)28)4-3-5-23(16)14(27)13-18-8-19-21(13)2/h8-9,11,24H,3-7H2,1-2H3,(H2,17,26)(H,20,25). The minimum atomic E-state index is -1.24. The number of aliphatic hydroxyl groups excluding tert-OH is 1. The minimum Gasteiger partial charge on any atom is -0.391 e. The molecule has 2 aliphatic heterocycles. The van der Waals surface area contributed by atoms with Crippen LogP contribution in [0, 0.1) is 0 Å². The first kappa shape index (κ1) is 19.7. The van der Waals surface area contributed by atoms with E-state index in [0.29, 0.717) is 19.4 Å². The number of aryl methyl sites for hydroxylation is 1. The van der Waals surface area contributed by atoms with E-state index in [1.807, 2.05) is 0 Å². The molecule has 0 radical (unpaired) electrons. The third-order valence-corrected chi connectivity index (χ3v) is 5.21. The van der Waals surface area contributed by atoms with Crippen LogP contribution in [0.25, 0.3) is 0 Å². The SMILES string of the molecule is CC(O)C(NC(=O)CN1CC2(CCCN2C(=O)c2ncnn2C)C1=O)C(N)=O. The zero-order valence-electron chi connectivity index (χ0n) is 15.7. The van der Waals surface area contributed by atoms with E-state index in [1.54, 1.807) is 7.05 Å². The summed E-state index contributed by atoms with van der Waals surface area (Å²) in [7, 11) is 1.60. The Bertz CT molecular complexity index is 822. The Kier molecular flexibility index (Phi) is 5.06. The molecule has 152 valence electrons. The lowest BCUT2D eigenvalue weighted by molar-refractivity contribution is -0.161. The highest BCUT2D eigenvalue weighted by Gasteiger charge is 2.60. The molecule has 12 nitrogen and oxygen atoms in total. The van der Waals surface area contributed by atoms with Crippen molar-refractivity contribution in [2.75, 3.05) is 19.6 Å². The largest absolute Gasteiger partial charge is 0.391 e. The lowest BCUT2D eigenvalue weighted by atomic mass is 9.85. The number of primary amides is 1. The van der Waals surface area contributed by atoms with Gasteiger partial charge < -0.3 is 26.0 Å². The van der Waals surface area contributed by atoms with E-state index in [4.69, 9.17) is 5.73 Å². The van der Waals surface area contributed by atoms with Crippen LogP contribution >= 0.6 is 0 Å². The van der Waals surface area contributed by atoms with E-state index in [9.17, 15) is 24.3 Å². The lowest BCUT2D eigenvalue weighted by Gasteiger charge is -2.50. The Labute approximate surface area is 160 Å². The number of nitrogens with two attached hydrogens (primary N) is 1. The molecule has 3 unspecified atom stereocenters. The van der Waals surface area contributed by atoms with E-state index in [2.05, 4.69) is 15.4 Å². The molecule has 4 amide bonds. The topological polar surface area (TPSA) is 164 Å². The first-order valence-electron chi connectivity index (χ1n) is 8.89. The summed E-state index contributed by atoms with van der Waals surface area (Å²) >= 11 is 0. The average molecular weight is 393 g/mol. The second kappa shape index (κ2) is 7.19. The summed E-state index contributed by atoms with van der Waals surface area (Å²) in [6.45, 7) is 1.67. The normalized spacial score (nSPS) is 23.5. The molecule has 0 saturated carbocycles. The number of nitrogens with one attached hydrogen (secondary N) is 1. The van der Waals surface area contributed by atoms with Crippen LogP contribution < -0.4 is 11.1 Å². The van der Waals surface area contributed by atoms with E-state index in [0.717, 1.165) is 0 Å². The smallest absolute Gasteiger partial charge is 0.292 e. The lowest BCUT2D eigenvalue weighted by Crippen LogP contribution is -2.74. The summed E-state index contributed by atoms with van der Waals surface area (Å²) in [5.41, 5.74) is 4.17. The van der Waals surface area contributed by atoms with Crippen LogP contribution in [0.1, 0.15) is 30.4 Å². The maximum Gasteiger partial charge on any atom is 0.292 e. The van der Waals surface area contributed by atoms with Gasteiger partial charge in [-0.15, -0.1) is 0 Å². The number of aliphatic hydroxyl groups is 1. The van der Waals surface area contributed by atoms with Gasteiger partial charge in [-0.25, -0.2) is 9.67 Å². The molecule has 4 N–H and O–H groups in total. The maximum absolute atomic E-state index is 12.8. The van der Waals surface area contributed by atoms with Gasteiger partial charge >= 0.3 is 0 Å². The number of aromatic nitrogens is 3. The van der Waals surface area contributed by atoms with Crippen molar-refractivity contribution in [3.05, 3.63) is 12.2 Å². The van der Waals surface area contributed by atoms with Crippen molar-refractivity contribution >= 4 is 23.6 Å². The Hall–Kier alpha value is -3.02. The molecule has 2 fully saturated rings. The number of nitrogens with zero attached hydrogens (tertiary/aromatic N) is 5. The highest BCUT2D eigenvalue weighted by Crippen LogP contribution is 2.39. The van der Waals surface area contributed by atoms with Gasteiger partial charge in [-0.2, -0.15) is 5.10 Å². The number of rotatable bonds is 6. The highest BCUT2D eigenvalue weighted by molar-refractivity contribution is 6.02.